The number of carbonyl (C=O) groups is 5. The van der Waals surface area contributed by atoms with E-state index in [1.54, 1.807) is 14.0 Å². The van der Waals surface area contributed by atoms with Gasteiger partial charge < -0.3 is 38.3 Å². The van der Waals surface area contributed by atoms with Crippen molar-refractivity contribution in [3.63, 3.8) is 0 Å². The van der Waals surface area contributed by atoms with E-state index in [4.69, 9.17) is 33.2 Å². The number of fused-ring (bicyclic) bond motifs is 2. The Bertz CT molecular complexity index is 2300. The first-order valence-electron chi connectivity index (χ1n) is 36.1. The molecule has 0 radical (unpaired) electrons. The summed E-state index contributed by atoms with van der Waals surface area (Å²) >= 11 is 0. The molecule has 5 fully saturated rings. The first-order valence-corrected chi connectivity index (χ1v) is 36.1. The highest BCUT2D eigenvalue weighted by Gasteiger charge is 2.82. The quantitative estimate of drug-likeness (QED) is 0.0283. The zero-order valence-electron chi connectivity index (χ0n) is 56.5. The van der Waals surface area contributed by atoms with Gasteiger partial charge in [0.15, 0.2) is 17.6 Å². The van der Waals surface area contributed by atoms with E-state index in [0.717, 1.165) is 89.6 Å². The number of likely N-dealkylation sites (tertiary alicyclic amines) is 1. The fourth-order valence-corrected chi connectivity index (χ4v) is 16.3. The lowest BCUT2D eigenvalue weighted by atomic mass is 9.33. The molecule has 1 saturated heterocycles. The molecule has 8 atom stereocenters. The van der Waals surface area contributed by atoms with Crippen LogP contribution in [0.1, 0.15) is 304 Å². The molecule has 4 bridgehead atoms. The second-order valence-corrected chi connectivity index (χ2v) is 29.4. The van der Waals surface area contributed by atoms with Crippen molar-refractivity contribution in [1.29, 1.82) is 0 Å². The van der Waals surface area contributed by atoms with Crippen LogP contribution in [-0.4, -0.2) is 109 Å². The molecule has 0 amide bonds. The highest BCUT2D eigenvalue weighted by atomic mass is 16.6. The Morgan fingerprint density at radius 1 is 0.648 bits per heavy atom. The van der Waals surface area contributed by atoms with Crippen LogP contribution in [0.2, 0.25) is 0 Å². The van der Waals surface area contributed by atoms with Crippen LogP contribution in [0.25, 0.3) is 0 Å². The third kappa shape index (κ3) is 18.5. The van der Waals surface area contributed by atoms with Gasteiger partial charge in [-0.25, -0.2) is 0 Å². The molecule has 1 aromatic rings. The van der Waals surface area contributed by atoms with Gasteiger partial charge >= 0.3 is 29.8 Å². The molecule has 2 unspecified atom stereocenters. The van der Waals surface area contributed by atoms with Gasteiger partial charge in [-0.2, -0.15) is 0 Å². The minimum absolute atomic E-state index is 0.0535. The van der Waals surface area contributed by atoms with Gasteiger partial charge in [0.25, 0.3) is 0 Å². The van der Waals surface area contributed by atoms with E-state index in [1.807, 2.05) is 13.0 Å². The van der Waals surface area contributed by atoms with Crippen LogP contribution in [-0.2, 0) is 59.5 Å². The Balaban J connectivity index is 0.842. The number of nitrogens with zero attached hydrogens (tertiary/aromatic N) is 1. The van der Waals surface area contributed by atoms with Crippen LogP contribution in [0, 0.1) is 28.6 Å². The summed E-state index contributed by atoms with van der Waals surface area (Å²) < 4.78 is 42.8. The van der Waals surface area contributed by atoms with Gasteiger partial charge in [-0.1, -0.05) is 202 Å². The van der Waals surface area contributed by atoms with Crippen molar-refractivity contribution in [1.82, 2.24) is 4.90 Å². The molecule has 2 spiro atoms. The Labute approximate surface area is 531 Å². The maximum atomic E-state index is 13.7. The van der Waals surface area contributed by atoms with E-state index in [1.165, 1.54) is 140 Å². The lowest BCUT2D eigenvalue weighted by Crippen LogP contribution is -2.83. The molecule has 14 heteroatoms. The Morgan fingerprint density at radius 3 is 1.67 bits per heavy atom. The summed E-state index contributed by atoms with van der Waals surface area (Å²) in [6.07, 6.45) is 38.2. The van der Waals surface area contributed by atoms with E-state index in [-0.39, 0.29) is 80.3 Å². The van der Waals surface area contributed by atoms with Crippen molar-refractivity contribution in [2.75, 3.05) is 40.0 Å². The van der Waals surface area contributed by atoms with Crippen molar-refractivity contribution >= 4 is 29.8 Å². The van der Waals surface area contributed by atoms with Gasteiger partial charge in [-0.3, -0.25) is 28.9 Å². The minimum Gasteiger partial charge on any atom is -0.482 e. The number of aliphatic hydroxyl groups is 1. The molecule has 88 heavy (non-hydrogen) atoms. The minimum atomic E-state index is -1.04. The topological polar surface area (TPSA) is 173 Å². The fraction of sp³-hybridized carbons (Fsp3) is 0.851. The van der Waals surface area contributed by atoms with Crippen LogP contribution >= 0.6 is 0 Å². The van der Waals surface area contributed by atoms with Gasteiger partial charge in [-0.05, 0) is 107 Å². The molecule has 1 N–H and O–H groups in total. The Kier molecular flexibility index (Phi) is 28.3. The lowest BCUT2D eigenvalue weighted by Gasteiger charge is -2.75. The van der Waals surface area contributed by atoms with Gasteiger partial charge in [-0.15, -0.1) is 0 Å². The average molecular weight is 1230 g/mol. The summed E-state index contributed by atoms with van der Waals surface area (Å²) in [7, 11) is 1.80. The average Bonchev–Trinajstić information content (AvgIpc) is 1.37. The Morgan fingerprint density at radius 2 is 1.16 bits per heavy atom. The van der Waals surface area contributed by atoms with Gasteiger partial charge in [0, 0.05) is 61.3 Å². The van der Waals surface area contributed by atoms with E-state index in [2.05, 4.69) is 45.6 Å². The molecule has 5 aliphatic carbocycles. The number of ether oxygens (including phenoxy) is 7. The van der Waals surface area contributed by atoms with Crippen molar-refractivity contribution in [3.05, 3.63) is 23.3 Å². The summed E-state index contributed by atoms with van der Waals surface area (Å²) in [6, 6.07) is 4.38. The number of esters is 5. The smallest absolute Gasteiger partial charge is 0.311 e. The first-order chi connectivity index (χ1) is 42.4. The second kappa shape index (κ2) is 34.8. The van der Waals surface area contributed by atoms with Crippen LogP contribution in [0.5, 0.6) is 11.5 Å². The molecule has 1 aromatic carbocycles. The first kappa shape index (κ1) is 71.7. The molecular weight excluding hydrogens is 1110 g/mol. The number of carbonyl (C=O) groups excluding carboxylic acids is 5. The summed E-state index contributed by atoms with van der Waals surface area (Å²) in [4.78, 5) is 68.7. The number of unbranched alkanes of at least 4 members (excludes halogenated alkanes) is 25. The predicted molar refractivity (Wildman–Crippen MR) is 345 cm³/mol. The zero-order chi connectivity index (χ0) is 63.2. The molecule has 2 aliphatic heterocycles. The number of benzene rings is 1. The number of methoxy groups -OCH3 is 1. The fourth-order valence-electron chi connectivity index (χ4n) is 16.3. The highest BCUT2D eigenvalue weighted by Crippen LogP contribution is 2.78. The van der Waals surface area contributed by atoms with E-state index < -0.39 is 46.5 Å². The van der Waals surface area contributed by atoms with Crippen molar-refractivity contribution in [2.45, 2.75) is 334 Å². The molecule has 0 aromatic heterocycles. The largest absolute Gasteiger partial charge is 0.482 e. The molecule has 2 heterocycles. The van der Waals surface area contributed by atoms with Crippen LogP contribution in [0.3, 0.4) is 0 Å². The number of hydrogen-bond donors (Lipinski definition) is 1. The van der Waals surface area contributed by atoms with E-state index in [0.29, 0.717) is 43.2 Å². The number of hydrogen-bond acceptors (Lipinski definition) is 14. The maximum absolute atomic E-state index is 13.7. The van der Waals surface area contributed by atoms with Gasteiger partial charge in [0.1, 0.15) is 24.9 Å². The van der Waals surface area contributed by atoms with Gasteiger partial charge in [0.2, 0.25) is 0 Å². The molecule has 8 rings (SSSR count). The monoisotopic (exact) mass is 1230 g/mol. The van der Waals surface area contributed by atoms with E-state index >= 15 is 0 Å². The summed E-state index contributed by atoms with van der Waals surface area (Å²) in [5.41, 5.74) is -0.199. The highest BCUT2D eigenvalue weighted by molar-refractivity contribution is 5.80. The third-order valence-corrected chi connectivity index (χ3v) is 22.1. The van der Waals surface area contributed by atoms with E-state index in [9.17, 15) is 29.1 Å². The molecule has 14 nitrogen and oxygen atoms in total. The lowest BCUT2D eigenvalue weighted by molar-refractivity contribution is -0.312. The SMILES string of the molecule is CCCCCCCCCCCCCCCC(=O)OCC(COC(=O)CCCCCCCCCCCCCCC)OC(=O)C(C)CC(=O)OCCCCC(=O)Oc1ccc2c3c1O[C@H]1[C@@]4(OC)CC[C@@]5(C[C@@H]4[C@](C)(O)C(C)(C)C)C(C2)N(CC2CC2)CC[C@]315. The van der Waals surface area contributed by atoms with Gasteiger partial charge in [0.05, 0.1) is 24.5 Å². The second-order valence-electron chi connectivity index (χ2n) is 29.4. The normalized spacial score (nSPS) is 24.3. The van der Waals surface area contributed by atoms with Crippen molar-refractivity contribution in [2.24, 2.45) is 28.6 Å². The van der Waals surface area contributed by atoms with Crippen LogP contribution in [0.15, 0.2) is 12.1 Å². The molecular formula is C74H121NO13. The molecule has 500 valence electrons. The summed E-state index contributed by atoms with van der Waals surface area (Å²) in [5.74, 6) is -1.66. The summed E-state index contributed by atoms with van der Waals surface area (Å²) in [6.45, 7) is 16.1. The molecule has 4 saturated carbocycles. The van der Waals surface area contributed by atoms with Crippen molar-refractivity contribution < 1.29 is 62.2 Å². The maximum Gasteiger partial charge on any atom is 0.311 e. The zero-order valence-corrected chi connectivity index (χ0v) is 56.5. The Hall–Kier alpha value is -3.75. The standard InChI is InChI=1S/C74H121NO13/c1-9-11-13-15-17-19-21-23-25-27-29-31-33-37-62(76)84-53-58(54-85-63(77)38-34-32-30-28-26-24-22-20-18-16-14-12-10-2)86-68(80)55(3)49-65(79)83-48-36-35-39-64(78)87-59-43-42-57-50-61-72-44-45-74(82-8,60(51-72)71(7,81)70(4,5)6)69-73(72,66(57)67(59)88-69)46-47-75(61)52-56-40-41-56/h42-43,55-56,58,60-61,69,81H,9-41,44-54H2,1-8H3/t55?,60-,61?,69-,71+,72-,73+,74-/m1/s1. The van der Waals surface area contributed by atoms with Crippen LogP contribution < -0.4 is 9.47 Å². The van der Waals surface area contributed by atoms with Crippen molar-refractivity contribution in [3.8, 4) is 11.5 Å². The predicted octanol–water partition coefficient (Wildman–Crippen LogP) is 16.3. The number of piperidine rings is 1. The third-order valence-electron chi connectivity index (χ3n) is 22.1. The van der Waals surface area contributed by atoms with Crippen LogP contribution in [0.4, 0.5) is 0 Å². The summed E-state index contributed by atoms with van der Waals surface area (Å²) in [5, 5.41) is 12.6. The number of rotatable bonds is 46. The molecule has 7 aliphatic rings.